The fourth-order valence-corrected chi connectivity index (χ4v) is 3.40. The summed E-state index contributed by atoms with van der Waals surface area (Å²) in [6.07, 6.45) is 0. The lowest BCUT2D eigenvalue weighted by molar-refractivity contribution is 0.102. The third kappa shape index (κ3) is 4.68. The molecule has 3 N–H and O–H groups in total. The minimum absolute atomic E-state index is 0.0969. The number of carbonyl (C=O) groups is 2. The maximum absolute atomic E-state index is 12.9. The maximum atomic E-state index is 12.9. The van der Waals surface area contributed by atoms with Gasteiger partial charge >= 0.3 is 0 Å². The maximum Gasteiger partial charge on any atom is 0.259 e. The first kappa shape index (κ1) is 22.3. The number of rotatable bonds is 5. The van der Waals surface area contributed by atoms with Crippen molar-refractivity contribution in [1.82, 2.24) is 0 Å². The van der Waals surface area contributed by atoms with Crippen molar-refractivity contribution in [3.63, 3.8) is 0 Å². The molecule has 0 unspecified atom stereocenters. The summed E-state index contributed by atoms with van der Waals surface area (Å²) >= 11 is 11.7. The number of nitrogens with zero attached hydrogens (tertiary/aromatic N) is 1. The SMILES string of the molecule is Cc1c(N=O)c(C)c(C(=O)Nc2ccc(Cl)cc2)c(O)c1C(=O)Nc1ccc(Cl)cc1. The van der Waals surface area contributed by atoms with E-state index in [1.807, 2.05) is 0 Å². The highest BCUT2D eigenvalue weighted by Gasteiger charge is 2.28. The summed E-state index contributed by atoms with van der Waals surface area (Å²) in [6, 6.07) is 12.7. The number of phenolic OH excluding ortho intramolecular Hbond substituents is 1. The third-order valence-electron chi connectivity index (χ3n) is 4.68. The minimum Gasteiger partial charge on any atom is -0.506 e. The van der Waals surface area contributed by atoms with Crippen molar-refractivity contribution in [2.75, 3.05) is 10.6 Å². The molecule has 2 amide bonds. The number of anilines is 2. The van der Waals surface area contributed by atoms with E-state index < -0.39 is 17.6 Å². The lowest BCUT2D eigenvalue weighted by Crippen LogP contribution is -2.19. The van der Waals surface area contributed by atoms with Gasteiger partial charge in [0.1, 0.15) is 11.4 Å². The number of amides is 2. The number of phenols is 1. The normalized spacial score (nSPS) is 10.5. The zero-order valence-corrected chi connectivity index (χ0v) is 18.0. The third-order valence-corrected chi connectivity index (χ3v) is 5.19. The Balaban J connectivity index is 2.04. The van der Waals surface area contributed by atoms with Crippen molar-refractivity contribution >= 4 is 52.1 Å². The van der Waals surface area contributed by atoms with Gasteiger partial charge in [-0.25, -0.2) is 0 Å². The van der Waals surface area contributed by atoms with Gasteiger partial charge in [0.15, 0.2) is 0 Å². The smallest absolute Gasteiger partial charge is 0.259 e. The number of nitroso groups, excluding NO2 is 1. The van der Waals surface area contributed by atoms with Crippen LogP contribution in [0.3, 0.4) is 0 Å². The monoisotopic (exact) mass is 457 g/mol. The van der Waals surface area contributed by atoms with Gasteiger partial charge in [-0.2, -0.15) is 0 Å². The Morgan fingerprint density at radius 2 is 1.13 bits per heavy atom. The molecule has 31 heavy (non-hydrogen) atoms. The molecule has 0 aliphatic rings. The van der Waals surface area contributed by atoms with Crippen LogP contribution in [0, 0.1) is 18.8 Å². The summed E-state index contributed by atoms with van der Waals surface area (Å²) in [6.45, 7) is 2.95. The molecule has 0 saturated heterocycles. The number of benzene rings is 3. The molecule has 0 aromatic heterocycles. The second-order valence-electron chi connectivity index (χ2n) is 6.71. The van der Waals surface area contributed by atoms with Crippen molar-refractivity contribution in [3.8, 4) is 5.75 Å². The van der Waals surface area contributed by atoms with E-state index in [9.17, 15) is 19.6 Å². The van der Waals surface area contributed by atoms with Gasteiger partial charge in [0.05, 0.1) is 11.1 Å². The van der Waals surface area contributed by atoms with E-state index in [-0.39, 0.29) is 27.9 Å². The topological polar surface area (TPSA) is 108 Å². The largest absolute Gasteiger partial charge is 0.506 e. The number of carbonyl (C=O) groups excluding carboxylic acids is 2. The zero-order chi connectivity index (χ0) is 22.7. The van der Waals surface area contributed by atoms with Crippen LogP contribution < -0.4 is 10.6 Å². The van der Waals surface area contributed by atoms with E-state index in [1.54, 1.807) is 48.5 Å². The highest BCUT2D eigenvalue weighted by molar-refractivity contribution is 6.31. The number of nitrogens with one attached hydrogen (secondary N) is 2. The Morgan fingerprint density at radius 1 is 0.774 bits per heavy atom. The number of aromatic hydroxyl groups is 1. The van der Waals surface area contributed by atoms with Crippen LogP contribution in [-0.2, 0) is 0 Å². The zero-order valence-electron chi connectivity index (χ0n) is 16.5. The highest BCUT2D eigenvalue weighted by Crippen LogP contribution is 2.38. The molecule has 0 saturated carbocycles. The summed E-state index contributed by atoms with van der Waals surface area (Å²) < 4.78 is 0. The predicted molar refractivity (Wildman–Crippen MR) is 122 cm³/mol. The van der Waals surface area contributed by atoms with Gasteiger partial charge in [0.25, 0.3) is 11.8 Å². The summed E-state index contributed by atoms with van der Waals surface area (Å²) in [7, 11) is 0. The van der Waals surface area contributed by atoms with Crippen molar-refractivity contribution in [1.29, 1.82) is 0 Å². The Morgan fingerprint density at radius 3 is 1.45 bits per heavy atom. The fourth-order valence-electron chi connectivity index (χ4n) is 3.14. The van der Waals surface area contributed by atoms with Gasteiger partial charge in [-0.05, 0) is 78.7 Å². The predicted octanol–water partition coefficient (Wildman–Crippen LogP) is 6.22. The number of hydrogen-bond acceptors (Lipinski definition) is 5. The van der Waals surface area contributed by atoms with E-state index in [2.05, 4.69) is 15.8 Å². The van der Waals surface area contributed by atoms with E-state index in [1.165, 1.54) is 13.8 Å². The summed E-state index contributed by atoms with van der Waals surface area (Å²) in [5.74, 6) is -1.97. The van der Waals surface area contributed by atoms with Crippen LogP contribution in [0.2, 0.25) is 10.0 Å². The Labute approximate surface area is 188 Å². The molecule has 0 heterocycles. The van der Waals surface area contributed by atoms with Gasteiger partial charge in [0.2, 0.25) is 0 Å². The van der Waals surface area contributed by atoms with E-state index >= 15 is 0 Å². The second kappa shape index (κ2) is 9.16. The molecule has 158 valence electrons. The fraction of sp³-hybridized carbons (Fsp3) is 0.0909. The number of halogens is 2. The Kier molecular flexibility index (Phi) is 6.58. The molecule has 0 atom stereocenters. The quantitative estimate of drug-likeness (QED) is 0.395. The van der Waals surface area contributed by atoms with Crippen LogP contribution >= 0.6 is 23.2 Å². The van der Waals surface area contributed by atoms with Gasteiger partial charge in [-0.3, -0.25) is 9.59 Å². The van der Waals surface area contributed by atoms with Gasteiger partial charge in [-0.15, -0.1) is 4.91 Å². The average molecular weight is 458 g/mol. The van der Waals surface area contributed by atoms with E-state index in [0.29, 0.717) is 21.4 Å². The molecule has 0 spiro atoms. The van der Waals surface area contributed by atoms with Crippen molar-refractivity contribution in [2.24, 2.45) is 5.18 Å². The van der Waals surface area contributed by atoms with Crippen molar-refractivity contribution in [2.45, 2.75) is 13.8 Å². The first-order chi connectivity index (χ1) is 14.7. The van der Waals surface area contributed by atoms with Crippen LogP contribution in [0.1, 0.15) is 31.8 Å². The van der Waals surface area contributed by atoms with E-state index in [0.717, 1.165) is 0 Å². The van der Waals surface area contributed by atoms with Crippen molar-refractivity contribution < 1.29 is 14.7 Å². The van der Waals surface area contributed by atoms with Gasteiger partial charge in [0, 0.05) is 21.4 Å². The minimum atomic E-state index is -0.706. The van der Waals surface area contributed by atoms with Gasteiger partial charge < -0.3 is 15.7 Å². The first-order valence-corrected chi connectivity index (χ1v) is 9.81. The highest BCUT2D eigenvalue weighted by atomic mass is 35.5. The van der Waals surface area contributed by atoms with Crippen LogP contribution in [-0.4, -0.2) is 16.9 Å². The molecule has 3 aromatic rings. The number of hydrogen-bond donors (Lipinski definition) is 3. The summed E-state index contributed by atoms with van der Waals surface area (Å²) in [5, 5.41) is 20.0. The molecule has 9 heteroatoms. The summed E-state index contributed by atoms with van der Waals surface area (Å²) in [4.78, 5) is 37.3. The molecule has 0 radical (unpaired) electrons. The van der Waals surface area contributed by atoms with Crippen LogP contribution in [0.4, 0.5) is 17.1 Å². The molecule has 7 nitrogen and oxygen atoms in total. The molecular formula is C22H17Cl2N3O4. The molecule has 3 rings (SSSR count). The lowest BCUT2D eigenvalue weighted by atomic mass is 9.94. The molecule has 0 aliphatic heterocycles. The van der Waals surface area contributed by atoms with Crippen LogP contribution in [0.25, 0.3) is 0 Å². The van der Waals surface area contributed by atoms with E-state index in [4.69, 9.17) is 23.2 Å². The lowest BCUT2D eigenvalue weighted by Gasteiger charge is -2.17. The molecule has 3 aromatic carbocycles. The standard InChI is InChI=1S/C22H17Cl2N3O4/c1-11-17(21(29)25-15-7-3-13(23)4-8-15)20(28)18(12(2)19(11)27-31)22(30)26-16-9-5-14(24)6-10-16/h3-10,28H,1-2H3,(H,25,29)(H,26,30). The van der Waals surface area contributed by atoms with Gasteiger partial charge in [-0.1, -0.05) is 23.2 Å². The second-order valence-corrected chi connectivity index (χ2v) is 7.58. The average Bonchev–Trinajstić information content (AvgIpc) is 2.71. The van der Waals surface area contributed by atoms with Crippen LogP contribution in [0.15, 0.2) is 53.7 Å². The summed E-state index contributed by atoms with van der Waals surface area (Å²) in [5.41, 5.74) is 0.593. The molecule has 0 bridgehead atoms. The molecule has 0 fully saturated rings. The van der Waals surface area contributed by atoms with Crippen LogP contribution in [0.5, 0.6) is 5.75 Å². The molecule has 0 aliphatic carbocycles. The Bertz CT molecular complexity index is 1090. The van der Waals surface area contributed by atoms with Crippen molar-refractivity contribution in [3.05, 3.63) is 85.7 Å². The first-order valence-electron chi connectivity index (χ1n) is 9.06. The molecular weight excluding hydrogens is 441 g/mol. The Hall–Kier alpha value is -3.42.